The topological polar surface area (TPSA) is 57.7 Å². The smallest absolute Gasteiger partial charge is 0.253 e. The highest BCUT2D eigenvalue weighted by Gasteiger charge is 2.30. The number of rotatable bonds is 3. The van der Waals surface area contributed by atoms with Crippen LogP contribution >= 0.6 is 15.9 Å². The molecule has 1 heterocycles. The van der Waals surface area contributed by atoms with E-state index in [0.29, 0.717) is 31.7 Å². The Bertz CT molecular complexity index is 873. The Kier molecular flexibility index (Phi) is 5.27. The first-order chi connectivity index (χ1) is 11.9. The molecule has 25 heavy (non-hydrogen) atoms. The van der Waals surface area contributed by atoms with E-state index >= 15 is 0 Å². The van der Waals surface area contributed by atoms with Crippen molar-refractivity contribution in [3.05, 3.63) is 64.1 Å². The molecule has 0 N–H and O–H groups in total. The second-order valence-corrected chi connectivity index (χ2v) is 8.87. The number of aryl methyl sites for hydroxylation is 1. The fourth-order valence-electron chi connectivity index (χ4n) is 2.85. The lowest BCUT2D eigenvalue weighted by Crippen LogP contribution is -2.50. The van der Waals surface area contributed by atoms with Crippen LogP contribution in [0.25, 0.3) is 0 Å². The molecule has 0 aromatic heterocycles. The first-order valence-corrected chi connectivity index (χ1v) is 10.2. The van der Waals surface area contributed by atoms with Crippen LogP contribution < -0.4 is 0 Å². The van der Waals surface area contributed by atoms with Gasteiger partial charge >= 0.3 is 0 Å². The third-order valence-electron chi connectivity index (χ3n) is 4.24. The molecule has 0 unspecified atom stereocenters. The molecule has 1 aliphatic heterocycles. The third kappa shape index (κ3) is 3.94. The van der Waals surface area contributed by atoms with Crippen LogP contribution in [-0.4, -0.2) is 49.7 Å². The normalized spacial score (nSPS) is 16.0. The maximum atomic E-state index is 12.7. The van der Waals surface area contributed by atoms with Crippen molar-refractivity contribution in [1.82, 2.24) is 9.21 Å². The Hall–Kier alpha value is -1.70. The zero-order valence-electron chi connectivity index (χ0n) is 13.9. The molecule has 0 atom stereocenters. The number of halogens is 1. The van der Waals surface area contributed by atoms with E-state index in [1.807, 2.05) is 25.1 Å². The molecule has 7 heteroatoms. The van der Waals surface area contributed by atoms with Gasteiger partial charge in [-0.1, -0.05) is 33.6 Å². The van der Waals surface area contributed by atoms with Crippen molar-refractivity contribution in [3.63, 3.8) is 0 Å². The maximum Gasteiger partial charge on any atom is 0.253 e. The first kappa shape index (κ1) is 18.1. The maximum absolute atomic E-state index is 12.7. The molecule has 1 amide bonds. The highest BCUT2D eigenvalue weighted by Crippen LogP contribution is 2.20. The predicted octanol–water partition coefficient (Wildman–Crippen LogP) is 2.90. The minimum absolute atomic E-state index is 0.0515. The zero-order valence-corrected chi connectivity index (χ0v) is 16.3. The van der Waals surface area contributed by atoms with Gasteiger partial charge in [0.25, 0.3) is 5.91 Å². The number of amides is 1. The fraction of sp³-hybridized carbons (Fsp3) is 0.278. The van der Waals surface area contributed by atoms with Gasteiger partial charge < -0.3 is 4.90 Å². The minimum Gasteiger partial charge on any atom is -0.336 e. The van der Waals surface area contributed by atoms with E-state index in [-0.39, 0.29) is 10.8 Å². The van der Waals surface area contributed by atoms with Gasteiger partial charge in [0.15, 0.2) is 0 Å². The average molecular weight is 423 g/mol. The molecule has 1 aliphatic rings. The summed E-state index contributed by atoms with van der Waals surface area (Å²) in [5.41, 5.74) is 1.67. The van der Waals surface area contributed by atoms with Gasteiger partial charge in [0, 0.05) is 36.2 Å². The molecule has 0 spiro atoms. The molecule has 2 aromatic carbocycles. The van der Waals surface area contributed by atoms with Crippen LogP contribution in [0.5, 0.6) is 0 Å². The number of benzene rings is 2. The second kappa shape index (κ2) is 7.27. The summed E-state index contributed by atoms with van der Waals surface area (Å²) in [5, 5.41) is 0. The summed E-state index contributed by atoms with van der Waals surface area (Å²) in [6.07, 6.45) is 0. The molecule has 3 rings (SSSR count). The number of carbonyl (C=O) groups excluding carboxylic acids is 1. The summed E-state index contributed by atoms with van der Waals surface area (Å²) in [6.45, 7) is 3.33. The van der Waals surface area contributed by atoms with Crippen molar-refractivity contribution in [2.75, 3.05) is 26.2 Å². The van der Waals surface area contributed by atoms with E-state index in [1.54, 1.807) is 35.2 Å². The number of nitrogens with zero attached hydrogens (tertiary/aromatic N) is 2. The number of hydrogen-bond donors (Lipinski definition) is 0. The summed E-state index contributed by atoms with van der Waals surface area (Å²) in [5.74, 6) is -0.0515. The molecular weight excluding hydrogens is 404 g/mol. The van der Waals surface area contributed by atoms with E-state index in [2.05, 4.69) is 15.9 Å². The number of piperazine rings is 1. The summed E-state index contributed by atoms with van der Waals surface area (Å²) in [4.78, 5) is 14.6. The van der Waals surface area contributed by atoms with Gasteiger partial charge in [-0.25, -0.2) is 8.42 Å². The summed E-state index contributed by atoms with van der Waals surface area (Å²) < 4.78 is 27.7. The average Bonchev–Trinajstić information content (AvgIpc) is 2.61. The quantitative estimate of drug-likeness (QED) is 0.763. The van der Waals surface area contributed by atoms with Crippen molar-refractivity contribution in [2.24, 2.45) is 0 Å². The second-order valence-electron chi connectivity index (χ2n) is 6.02. The zero-order chi connectivity index (χ0) is 18.0. The highest BCUT2D eigenvalue weighted by molar-refractivity contribution is 9.10. The molecule has 0 aliphatic carbocycles. The van der Waals surface area contributed by atoms with Crippen LogP contribution in [0.1, 0.15) is 15.9 Å². The molecule has 2 aromatic rings. The highest BCUT2D eigenvalue weighted by atomic mass is 79.9. The molecule has 0 bridgehead atoms. The monoisotopic (exact) mass is 422 g/mol. The number of carbonyl (C=O) groups is 1. The van der Waals surface area contributed by atoms with Gasteiger partial charge in [-0.3, -0.25) is 4.79 Å². The molecule has 1 saturated heterocycles. The molecular formula is C18H19BrN2O3S. The van der Waals surface area contributed by atoms with Gasteiger partial charge in [-0.15, -0.1) is 0 Å². The van der Waals surface area contributed by atoms with Gasteiger partial charge in [0.1, 0.15) is 0 Å². The Morgan fingerprint density at radius 2 is 1.64 bits per heavy atom. The van der Waals surface area contributed by atoms with Crippen molar-refractivity contribution in [3.8, 4) is 0 Å². The standard InChI is InChI=1S/C18H19BrN2O3S/c1-14-3-2-4-15(13-14)18(22)20-9-11-21(12-10-20)25(23,24)17-7-5-16(19)6-8-17/h2-8,13H,9-12H2,1H3. The Morgan fingerprint density at radius 3 is 2.24 bits per heavy atom. The van der Waals surface area contributed by atoms with Crippen molar-refractivity contribution in [2.45, 2.75) is 11.8 Å². The van der Waals surface area contributed by atoms with Crippen LogP contribution in [0.3, 0.4) is 0 Å². The third-order valence-corrected chi connectivity index (χ3v) is 6.68. The van der Waals surface area contributed by atoms with Gasteiger partial charge in [0.05, 0.1) is 4.90 Å². The van der Waals surface area contributed by atoms with Gasteiger partial charge in [-0.2, -0.15) is 4.31 Å². The molecule has 1 fully saturated rings. The van der Waals surface area contributed by atoms with E-state index in [9.17, 15) is 13.2 Å². The fourth-order valence-corrected chi connectivity index (χ4v) is 4.53. The van der Waals surface area contributed by atoms with Gasteiger partial charge in [0.2, 0.25) is 10.0 Å². The van der Waals surface area contributed by atoms with Crippen LogP contribution in [0, 0.1) is 6.92 Å². The lowest BCUT2D eigenvalue weighted by molar-refractivity contribution is 0.0698. The largest absolute Gasteiger partial charge is 0.336 e. The van der Waals surface area contributed by atoms with Crippen molar-refractivity contribution in [1.29, 1.82) is 0 Å². The SMILES string of the molecule is Cc1cccc(C(=O)N2CCN(S(=O)(=O)c3ccc(Br)cc3)CC2)c1. The summed E-state index contributed by atoms with van der Waals surface area (Å²) in [7, 11) is -3.52. The molecule has 0 radical (unpaired) electrons. The predicted molar refractivity (Wildman–Crippen MR) is 100.0 cm³/mol. The Labute approximate surface area is 156 Å². The summed E-state index contributed by atoms with van der Waals surface area (Å²) >= 11 is 3.31. The first-order valence-electron chi connectivity index (χ1n) is 7.99. The molecule has 0 saturated carbocycles. The Morgan fingerprint density at radius 1 is 1.00 bits per heavy atom. The van der Waals surface area contributed by atoms with E-state index in [4.69, 9.17) is 0 Å². The lowest BCUT2D eigenvalue weighted by Gasteiger charge is -2.34. The molecule has 5 nitrogen and oxygen atoms in total. The van der Waals surface area contributed by atoms with Crippen LogP contribution in [0.15, 0.2) is 57.9 Å². The summed E-state index contributed by atoms with van der Waals surface area (Å²) in [6, 6.07) is 14.0. The van der Waals surface area contributed by atoms with Crippen LogP contribution in [0.2, 0.25) is 0 Å². The Balaban J connectivity index is 1.69. The van der Waals surface area contributed by atoms with Crippen molar-refractivity contribution < 1.29 is 13.2 Å². The van der Waals surface area contributed by atoms with Gasteiger partial charge in [-0.05, 0) is 43.3 Å². The van der Waals surface area contributed by atoms with E-state index in [1.165, 1.54) is 4.31 Å². The molecule has 132 valence electrons. The van der Waals surface area contributed by atoms with Crippen molar-refractivity contribution >= 4 is 31.9 Å². The van der Waals surface area contributed by atoms with E-state index < -0.39 is 10.0 Å². The number of sulfonamides is 1. The number of hydrogen-bond acceptors (Lipinski definition) is 3. The lowest BCUT2D eigenvalue weighted by atomic mass is 10.1. The van der Waals surface area contributed by atoms with Crippen LogP contribution in [0.4, 0.5) is 0 Å². The van der Waals surface area contributed by atoms with Crippen LogP contribution in [-0.2, 0) is 10.0 Å². The minimum atomic E-state index is -3.52. The van der Waals surface area contributed by atoms with E-state index in [0.717, 1.165) is 10.0 Å².